The van der Waals surface area contributed by atoms with Crippen LogP contribution >= 0.6 is 0 Å². The Hall–Kier alpha value is -2.44. The second kappa shape index (κ2) is 6.82. The molecular formula is C19H19NO4S. The van der Waals surface area contributed by atoms with E-state index in [1.54, 1.807) is 12.1 Å². The number of fused-ring (bicyclic) bond motifs is 1. The molecule has 3 rings (SSSR count). The molecule has 0 radical (unpaired) electrons. The molecule has 5 nitrogen and oxygen atoms in total. The van der Waals surface area contributed by atoms with Crippen LogP contribution in [-0.2, 0) is 20.8 Å². The SMILES string of the molecule is Cc1ccc(S(=O)(=O)OCCn2c(C)c(C=O)c3ccccc32)cc1. The fourth-order valence-electron chi connectivity index (χ4n) is 2.91. The Morgan fingerprint density at radius 2 is 1.72 bits per heavy atom. The van der Waals surface area contributed by atoms with Gasteiger partial charge < -0.3 is 4.57 Å². The summed E-state index contributed by atoms with van der Waals surface area (Å²) in [4.78, 5) is 11.5. The van der Waals surface area contributed by atoms with E-state index in [2.05, 4.69) is 0 Å². The Balaban J connectivity index is 1.81. The lowest BCUT2D eigenvalue weighted by Crippen LogP contribution is -2.13. The minimum atomic E-state index is -3.79. The van der Waals surface area contributed by atoms with Gasteiger partial charge in [-0.3, -0.25) is 8.98 Å². The smallest absolute Gasteiger partial charge is 0.297 e. The Labute approximate surface area is 147 Å². The lowest BCUT2D eigenvalue weighted by molar-refractivity contribution is 0.112. The fraction of sp³-hybridized carbons (Fsp3) is 0.211. The monoisotopic (exact) mass is 357 g/mol. The van der Waals surface area contributed by atoms with Gasteiger partial charge in [-0.05, 0) is 32.0 Å². The molecule has 6 heteroatoms. The average molecular weight is 357 g/mol. The molecule has 0 unspecified atom stereocenters. The van der Waals surface area contributed by atoms with Gasteiger partial charge in [0.05, 0.1) is 11.5 Å². The van der Waals surface area contributed by atoms with Crippen molar-refractivity contribution >= 4 is 27.3 Å². The highest BCUT2D eigenvalue weighted by Crippen LogP contribution is 2.24. The summed E-state index contributed by atoms with van der Waals surface area (Å²) in [6.45, 7) is 4.07. The van der Waals surface area contributed by atoms with Crippen LogP contribution in [0.2, 0.25) is 0 Å². The molecule has 1 aromatic heterocycles. The van der Waals surface area contributed by atoms with Gasteiger partial charge in [0, 0.05) is 28.7 Å². The molecule has 130 valence electrons. The molecule has 0 aliphatic carbocycles. The maximum Gasteiger partial charge on any atom is 0.297 e. The number of carbonyl (C=O) groups is 1. The number of rotatable bonds is 6. The van der Waals surface area contributed by atoms with Gasteiger partial charge in [-0.25, -0.2) is 0 Å². The Bertz CT molecular complexity index is 1020. The second-order valence-electron chi connectivity index (χ2n) is 5.87. The maximum atomic E-state index is 12.3. The summed E-state index contributed by atoms with van der Waals surface area (Å²) < 4.78 is 31.6. The third kappa shape index (κ3) is 3.36. The van der Waals surface area contributed by atoms with Crippen LogP contribution in [0.15, 0.2) is 53.4 Å². The van der Waals surface area contributed by atoms with E-state index in [1.165, 1.54) is 12.1 Å². The zero-order chi connectivity index (χ0) is 18.0. The van der Waals surface area contributed by atoms with E-state index in [4.69, 9.17) is 4.18 Å². The van der Waals surface area contributed by atoms with Crippen LogP contribution in [0.4, 0.5) is 0 Å². The zero-order valence-electron chi connectivity index (χ0n) is 14.1. The van der Waals surface area contributed by atoms with E-state index in [0.717, 1.165) is 28.4 Å². The first-order valence-corrected chi connectivity index (χ1v) is 9.34. The quantitative estimate of drug-likeness (QED) is 0.500. The number of aromatic nitrogens is 1. The molecule has 0 atom stereocenters. The molecule has 3 aromatic rings. The van der Waals surface area contributed by atoms with E-state index < -0.39 is 10.1 Å². The van der Waals surface area contributed by atoms with Crippen LogP contribution in [0, 0.1) is 13.8 Å². The van der Waals surface area contributed by atoms with E-state index in [-0.39, 0.29) is 11.5 Å². The van der Waals surface area contributed by atoms with Gasteiger partial charge in [-0.2, -0.15) is 8.42 Å². The molecule has 0 aliphatic rings. The zero-order valence-corrected chi connectivity index (χ0v) is 14.9. The predicted molar refractivity (Wildman–Crippen MR) is 96.4 cm³/mol. The lowest BCUT2D eigenvalue weighted by Gasteiger charge is -2.10. The molecule has 25 heavy (non-hydrogen) atoms. The van der Waals surface area contributed by atoms with Crippen molar-refractivity contribution in [2.24, 2.45) is 0 Å². The molecule has 2 aromatic carbocycles. The van der Waals surface area contributed by atoms with Crippen molar-refractivity contribution in [3.05, 3.63) is 65.4 Å². The molecule has 0 N–H and O–H groups in total. The highest BCUT2D eigenvalue weighted by molar-refractivity contribution is 7.86. The van der Waals surface area contributed by atoms with Crippen LogP contribution in [0.5, 0.6) is 0 Å². The molecule has 0 spiro atoms. The summed E-state index contributed by atoms with van der Waals surface area (Å²) >= 11 is 0. The summed E-state index contributed by atoms with van der Waals surface area (Å²) in [5.74, 6) is 0. The second-order valence-corrected chi connectivity index (χ2v) is 7.49. The van der Waals surface area contributed by atoms with Crippen LogP contribution in [0.1, 0.15) is 21.6 Å². The Morgan fingerprint density at radius 1 is 1.04 bits per heavy atom. The van der Waals surface area contributed by atoms with Gasteiger partial charge in [-0.15, -0.1) is 0 Å². The van der Waals surface area contributed by atoms with Crippen molar-refractivity contribution in [2.45, 2.75) is 25.3 Å². The predicted octanol–water partition coefficient (Wildman–Crippen LogP) is 3.48. The number of para-hydroxylation sites is 1. The minimum absolute atomic E-state index is 0.00593. The molecule has 0 amide bonds. The topological polar surface area (TPSA) is 65.4 Å². The van der Waals surface area contributed by atoms with Gasteiger partial charge in [0.2, 0.25) is 0 Å². The molecule has 0 aliphatic heterocycles. The van der Waals surface area contributed by atoms with Crippen molar-refractivity contribution in [3.63, 3.8) is 0 Å². The third-order valence-electron chi connectivity index (χ3n) is 4.26. The third-order valence-corrected chi connectivity index (χ3v) is 5.59. The molecule has 0 bridgehead atoms. The highest BCUT2D eigenvalue weighted by Gasteiger charge is 2.17. The summed E-state index contributed by atoms with van der Waals surface area (Å²) in [5, 5.41) is 0.858. The molecular weight excluding hydrogens is 338 g/mol. The number of hydrogen-bond acceptors (Lipinski definition) is 4. The number of aldehydes is 1. The molecule has 0 saturated carbocycles. The lowest BCUT2D eigenvalue weighted by atomic mass is 10.1. The van der Waals surface area contributed by atoms with Crippen LogP contribution in [0.3, 0.4) is 0 Å². The van der Waals surface area contributed by atoms with Crippen molar-refractivity contribution in [3.8, 4) is 0 Å². The van der Waals surface area contributed by atoms with Crippen molar-refractivity contribution in [1.29, 1.82) is 0 Å². The average Bonchev–Trinajstić information content (AvgIpc) is 2.87. The molecule has 0 fully saturated rings. The van der Waals surface area contributed by atoms with Crippen molar-refractivity contribution in [1.82, 2.24) is 4.57 Å². The first kappa shape index (κ1) is 17.4. The summed E-state index contributed by atoms with van der Waals surface area (Å²) in [6, 6.07) is 14.1. The number of hydrogen-bond donors (Lipinski definition) is 0. The fourth-order valence-corrected chi connectivity index (χ4v) is 3.81. The van der Waals surface area contributed by atoms with Gasteiger partial charge in [0.25, 0.3) is 10.1 Å². The molecule has 0 saturated heterocycles. The van der Waals surface area contributed by atoms with Crippen molar-refractivity contribution in [2.75, 3.05) is 6.61 Å². The summed E-state index contributed by atoms with van der Waals surface area (Å²) in [6.07, 6.45) is 0.831. The first-order valence-electron chi connectivity index (χ1n) is 7.93. The number of carbonyl (C=O) groups excluding carboxylic acids is 1. The van der Waals surface area contributed by atoms with Gasteiger partial charge in [-0.1, -0.05) is 35.9 Å². The van der Waals surface area contributed by atoms with Crippen LogP contribution < -0.4 is 0 Å². The minimum Gasteiger partial charge on any atom is -0.342 e. The number of aryl methyl sites for hydroxylation is 1. The van der Waals surface area contributed by atoms with Crippen molar-refractivity contribution < 1.29 is 17.4 Å². The number of nitrogens with zero attached hydrogens (tertiary/aromatic N) is 1. The number of benzene rings is 2. The highest BCUT2D eigenvalue weighted by atomic mass is 32.2. The van der Waals surface area contributed by atoms with E-state index >= 15 is 0 Å². The van der Waals surface area contributed by atoms with Crippen LogP contribution in [0.25, 0.3) is 10.9 Å². The van der Waals surface area contributed by atoms with E-state index in [1.807, 2.05) is 42.7 Å². The maximum absolute atomic E-state index is 12.3. The van der Waals surface area contributed by atoms with Gasteiger partial charge >= 0.3 is 0 Å². The molecule has 1 heterocycles. The standard InChI is InChI=1S/C19H19NO4S/c1-14-7-9-16(10-8-14)25(22,23)24-12-11-20-15(2)18(13-21)17-5-3-4-6-19(17)20/h3-10,13H,11-12H2,1-2H3. The first-order chi connectivity index (χ1) is 11.9. The Morgan fingerprint density at radius 3 is 2.40 bits per heavy atom. The van der Waals surface area contributed by atoms with Gasteiger partial charge in [0.15, 0.2) is 6.29 Å². The summed E-state index contributed by atoms with van der Waals surface area (Å²) in [7, 11) is -3.79. The largest absolute Gasteiger partial charge is 0.342 e. The van der Waals surface area contributed by atoms with Gasteiger partial charge in [0.1, 0.15) is 0 Å². The normalized spacial score (nSPS) is 11.8. The Kier molecular flexibility index (Phi) is 4.74. The summed E-state index contributed by atoms with van der Waals surface area (Å²) in [5.41, 5.74) is 3.29. The van der Waals surface area contributed by atoms with E-state index in [0.29, 0.717) is 12.1 Å². The van der Waals surface area contributed by atoms with E-state index in [9.17, 15) is 13.2 Å². The van der Waals surface area contributed by atoms with Crippen LogP contribution in [-0.4, -0.2) is 25.9 Å².